The van der Waals surface area contributed by atoms with E-state index in [-0.39, 0.29) is 0 Å². The molecule has 0 saturated heterocycles. The highest BCUT2D eigenvalue weighted by Gasteiger charge is 2.01. The van der Waals surface area contributed by atoms with Crippen LogP contribution in [0, 0.1) is 0 Å². The van der Waals surface area contributed by atoms with E-state index in [4.69, 9.17) is 0 Å². The second kappa shape index (κ2) is 4.80. The van der Waals surface area contributed by atoms with Crippen LogP contribution in [0.3, 0.4) is 0 Å². The van der Waals surface area contributed by atoms with Gasteiger partial charge in [0.25, 0.3) is 0 Å². The first-order valence-electron chi connectivity index (χ1n) is 5.71. The van der Waals surface area contributed by atoms with Gasteiger partial charge in [-0.25, -0.2) is 4.98 Å². The molecule has 0 unspecified atom stereocenters. The van der Waals surface area contributed by atoms with E-state index in [1.807, 2.05) is 34.3 Å². The first-order valence-corrected chi connectivity index (χ1v) is 6.59. The summed E-state index contributed by atoms with van der Waals surface area (Å²) in [6.45, 7) is 1.51. The fraction of sp³-hybridized carbons (Fsp3) is 0.154. The molecule has 0 bridgehead atoms. The number of imidazole rings is 1. The zero-order valence-electron chi connectivity index (χ0n) is 9.71. The number of thiazole rings is 1. The van der Waals surface area contributed by atoms with Crippen LogP contribution in [0.1, 0.15) is 11.3 Å². The molecule has 0 radical (unpaired) electrons. The van der Waals surface area contributed by atoms with E-state index in [0.29, 0.717) is 5.75 Å². The minimum absolute atomic E-state index is 0.299. The first kappa shape index (κ1) is 11.3. The van der Waals surface area contributed by atoms with Gasteiger partial charge in [-0.05, 0) is 17.7 Å². The number of hydrogen-bond donors (Lipinski definition) is 2. The summed E-state index contributed by atoms with van der Waals surface area (Å²) in [5.41, 5.74) is 2.19. The molecule has 0 atom stereocenters. The van der Waals surface area contributed by atoms with E-state index in [1.54, 1.807) is 23.5 Å². The molecule has 0 amide bonds. The third-order valence-electron chi connectivity index (χ3n) is 2.71. The van der Waals surface area contributed by atoms with Crippen LogP contribution in [0.25, 0.3) is 4.96 Å². The van der Waals surface area contributed by atoms with Crippen LogP contribution in [-0.2, 0) is 13.1 Å². The number of benzene rings is 1. The minimum atomic E-state index is 0.299. The largest absolute Gasteiger partial charge is 0.508 e. The van der Waals surface area contributed by atoms with Crippen molar-refractivity contribution in [1.82, 2.24) is 14.7 Å². The first-order chi connectivity index (χ1) is 8.81. The Hall–Kier alpha value is -1.85. The monoisotopic (exact) mass is 259 g/mol. The van der Waals surface area contributed by atoms with Gasteiger partial charge in [0.2, 0.25) is 0 Å². The zero-order valence-corrected chi connectivity index (χ0v) is 10.5. The molecule has 2 N–H and O–H groups in total. The van der Waals surface area contributed by atoms with Gasteiger partial charge >= 0.3 is 0 Å². The van der Waals surface area contributed by atoms with E-state index < -0.39 is 0 Å². The number of phenolic OH excluding ortho intramolecular Hbond substituents is 1. The van der Waals surface area contributed by atoms with Crippen molar-refractivity contribution in [3.8, 4) is 5.75 Å². The van der Waals surface area contributed by atoms with Crippen molar-refractivity contribution in [1.29, 1.82) is 0 Å². The summed E-state index contributed by atoms with van der Waals surface area (Å²) in [4.78, 5) is 5.52. The molecule has 92 valence electrons. The summed E-state index contributed by atoms with van der Waals surface area (Å²) < 4.78 is 2.03. The maximum absolute atomic E-state index is 9.19. The van der Waals surface area contributed by atoms with Crippen LogP contribution in [-0.4, -0.2) is 14.5 Å². The Kier molecular flexibility index (Phi) is 3.00. The highest BCUT2D eigenvalue weighted by atomic mass is 32.1. The standard InChI is InChI=1S/C13H13N3OS/c17-12-3-1-10(2-4-12)7-14-8-11-9-16-5-6-18-13(16)15-11/h1-6,9,14,17H,7-8H2. The summed E-state index contributed by atoms with van der Waals surface area (Å²) in [6.07, 6.45) is 4.05. The molecule has 3 rings (SSSR count). The maximum Gasteiger partial charge on any atom is 0.193 e. The minimum Gasteiger partial charge on any atom is -0.508 e. The molecule has 2 aromatic heterocycles. The van der Waals surface area contributed by atoms with Crippen molar-refractivity contribution in [2.24, 2.45) is 0 Å². The summed E-state index contributed by atoms with van der Waals surface area (Å²) in [5, 5.41) is 14.5. The number of fused-ring (bicyclic) bond motifs is 1. The average Bonchev–Trinajstić information content (AvgIpc) is 2.92. The van der Waals surface area contributed by atoms with Gasteiger partial charge in [0, 0.05) is 30.9 Å². The number of nitrogens with zero attached hydrogens (tertiary/aromatic N) is 2. The van der Waals surface area contributed by atoms with Crippen molar-refractivity contribution in [3.05, 3.63) is 53.3 Å². The van der Waals surface area contributed by atoms with E-state index in [1.165, 1.54) is 0 Å². The Labute approximate surface area is 109 Å². The van der Waals surface area contributed by atoms with Gasteiger partial charge in [0.1, 0.15) is 5.75 Å². The zero-order chi connectivity index (χ0) is 12.4. The normalized spacial score (nSPS) is 11.1. The van der Waals surface area contributed by atoms with Crippen molar-refractivity contribution >= 4 is 16.3 Å². The van der Waals surface area contributed by atoms with Crippen LogP contribution in [0.5, 0.6) is 5.75 Å². The number of rotatable bonds is 4. The second-order valence-electron chi connectivity index (χ2n) is 4.10. The predicted molar refractivity (Wildman–Crippen MR) is 71.7 cm³/mol. The van der Waals surface area contributed by atoms with E-state index in [0.717, 1.165) is 29.3 Å². The van der Waals surface area contributed by atoms with Gasteiger partial charge in [-0.3, -0.25) is 4.40 Å². The molecular formula is C13H13N3OS. The molecule has 0 fully saturated rings. The van der Waals surface area contributed by atoms with Crippen molar-refractivity contribution in [2.75, 3.05) is 0 Å². The van der Waals surface area contributed by atoms with Crippen molar-refractivity contribution < 1.29 is 5.11 Å². The van der Waals surface area contributed by atoms with Crippen LogP contribution in [0.15, 0.2) is 42.0 Å². The fourth-order valence-electron chi connectivity index (χ4n) is 1.81. The topological polar surface area (TPSA) is 49.6 Å². The Morgan fingerprint density at radius 1 is 1.22 bits per heavy atom. The number of phenols is 1. The SMILES string of the molecule is Oc1ccc(CNCc2cn3ccsc3n2)cc1. The molecule has 0 saturated carbocycles. The fourth-order valence-corrected chi connectivity index (χ4v) is 2.53. The quantitative estimate of drug-likeness (QED) is 0.756. The summed E-state index contributed by atoms with van der Waals surface area (Å²) in [6, 6.07) is 7.22. The third-order valence-corrected chi connectivity index (χ3v) is 3.49. The predicted octanol–water partition coefficient (Wildman–Crippen LogP) is 2.39. The number of aromatic hydroxyl groups is 1. The Bertz CT molecular complexity index is 613. The third kappa shape index (κ3) is 2.37. The lowest BCUT2D eigenvalue weighted by Gasteiger charge is -2.02. The molecule has 1 aromatic carbocycles. The molecule has 2 heterocycles. The molecule has 0 aliphatic carbocycles. The van der Waals surface area contributed by atoms with E-state index >= 15 is 0 Å². The highest BCUT2D eigenvalue weighted by Crippen LogP contribution is 2.12. The molecule has 5 heteroatoms. The van der Waals surface area contributed by atoms with Gasteiger partial charge in [0.15, 0.2) is 4.96 Å². The molecule has 0 aliphatic heterocycles. The van der Waals surface area contributed by atoms with E-state index in [2.05, 4.69) is 10.3 Å². The lowest BCUT2D eigenvalue weighted by Crippen LogP contribution is -2.12. The molecular weight excluding hydrogens is 246 g/mol. The number of aromatic nitrogens is 2. The van der Waals surface area contributed by atoms with Gasteiger partial charge in [-0.2, -0.15) is 0 Å². The maximum atomic E-state index is 9.19. The molecule has 0 aliphatic rings. The summed E-state index contributed by atoms with van der Waals surface area (Å²) >= 11 is 1.64. The van der Waals surface area contributed by atoms with Crippen LogP contribution in [0.4, 0.5) is 0 Å². The van der Waals surface area contributed by atoms with Crippen LogP contribution < -0.4 is 5.32 Å². The second-order valence-corrected chi connectivity index (χ2v) is 4.97. The molecule has 4 nitrogen and oxygen atoms in total. The van der Waals surface area contributed by atoms with Crippen molar-refractivity contribution in [3.63, 3.8) is 0 Å². The van der Waals surface area contributed by atoms with Gasteiger partial charge in [-0.15, -0.1) is 11.3 Å². The number of nitrogens with one attached hydrogen (secondary N) is 1. The van der Waals surface area contributed by atoms with Gasteiger partial charge in [0.05, 0.1) is 5.69 Å². The Morgan fingerprint density at radius 3 is 2.83 bits per heavy atom. The average molecular weight is 259 g/mol. The molecule has 0 spiro atoms. The smallest absolute Gasteiger partial charge is 0.193 e. The summed E-state index contributed by atoms with van der Waals surface area (Å²) in [7, 11) is 0. The Morgan fingerprint density at radius 2 is 2.06 bits per heavy atom. The Balaban J connectivity index is 1.58. The number of hydrogen-bond acceptors (Lipinski definition) is 4. The van der Waals surface area contributed by atoms with Crippen LogP contribution in [0.2, 0.25) is 0 Å². The van der Waals surface area contributed by atoms with E-state index in [9.17, 15) is 5.11 Å². The van der Waals surface area contributed by atoms with Gasteiger partial charge in [-0.1, -0.05) is 12.1 Å². The van der Waals surface area contributed by atoms with Gasteiger partial charge < -0.3 is 10.4 Å². The lowest BCUT2D eigenvalue weighted by atomic mass is 10.2. The highest BCUT2D eigenvalue weighted by molar-refractivity contribution is 7.15. The summed E-state index contributed by atoms with van der Waals surface area (Å²) in [5.74, 6) is 0.299. The lowest BCUT2D eigenvalue weighted by molar-refractivity contribution is 0.475. The van der Waals surface area contributed by atoms with Crippen molar-refractivity contribution in [2.45, 2.75) is 13.1 Å². The molecule has 3 aromatic rings. The molecule has 18 heavy (non-hydrogen) atoms. The van der Waals surface area contributed by atoms with Crippen LogP contribution >= 0.6 is 11.3 Å².